The fraction of sp³-hybridized carbons (Fsp3) is 0.300. The van der Waals surface area contributed by atoms with E-state index in [1.165, 1.54) is 0 Å². The van der Waals surface area contributed by atoms with Gasteiger partial charge in [0.15, 0.2) is 0 Å². The van der Waals surface area contributed by atoms with Gasteiger partial charge in [0.1, 0.15) is 0 Å². The van der Waals surface area contributed by atoms with Crippen LogP contribution >= 0.6 is 15.9 Å². The molecular formula is C20H22BrN3O2. The fourth-order valence-corrected chi connectivity index (χ4v) is 3.15. The highest BCUT2D eigenvalue weighted by molar-refractivity contribution is 9.10. The molecule has 0 atom stereocenters. The quantitative estimate of drug-likeness (QED) is 0.834. The van der Waals surface area contributed by atoms with Gasteiger partial charge < -0.3 is 15.1 Å². The zero-order valence-corrected chi connectivity index (χ0v) is 16.3. The first-order valence-corrected chi connectivity index (χ1v) is 9.43. The summed E-state index contributed by atoms with van der Waals surface area (Å²) in [6.07, 6.45) is 0.315. The van der Waals surface area contributed by atoms with Crippen LogP contribution in [0.2, 0.25) is 0 Å². The zero-order chi connectivity index (χ0) is 18.5. The molecule has 136 valence electrons. The predicted octanol–water partition coefficient (Wildman–Crippen LogP) is 3.02. The van der Waals surface area contributed by atoms with Crippen LogP contribution in [0.25, 0.3) is 0 Å². The third-order valence-corrected chi connectivity index (χ3v) is 5.01. The van der Waals surface area contributed by atoms with Crippen molar-refractivity contribution in [2.24, 2.45) is 0 Å². The average molecular weight is 416 g/mol. The monoisotopic (exact) mass is 415 g/mol. The highest BCUT2D eigenvalue weighted by Gasteiger charge is 2.20. The number of piperazine rings is 1. The van der Waals surface area contributed by atoms with Crippen molar-refractivity contribution < 1.29 is 9.59 Å². The Balaban J connectivity index is 1.56. The van der Waals surface area contributed by atoms with Crippen LogP contribution in [0.3, 0.4) is 0 Å². The summed E-state index contributed by atoms with van der Waals surface area (Å²) in [5, 5.41) is 2.87. The summed E-state index contributed by atoms with van der Waals surface area (Å²) in [6.45, 7) is 3.30. The number of anilines is 1. The first-order valence-electron chi connectivity index (χ1n) is 8.63. The molecule has 0 bridgehead atoms. The number of amides is 2. The smallest absolute Gasteiger partial charge is 0.253 e. The van der Waals surface area contributed by atoms with Gasteiger partial charge >= 0.3 is 0 Å². The molecule has 0 spiro atoms. The molecule has 1 N–H and O–H groups in total. The van der Waals surface area contributed by atoms with Crippen LogP contribution in [0, 0.1) is 0 Å². The molecule has 1 aliphatic heterocycles. The van der Waals surface area contributed by atoms with Crippen molar-refractivity contribution in [3.63, 3.8) is 0 Å². The van der Waals surface area contributed by atoms with E-state index >= 15 is 0 Å². The lowest BCUT2D eigenvalue weighted by molar-refractivity contribution is -0.115. The minimum atomic E-state index is -0.0783. The molecule has 1 heterocycles. The van der Waals surface area contributed by atoms with Crippen molar-refractivity contribution in [3.8, 4) is 0 Å². The number of rotatable bonds is 4. The molecule has 1 saturated heterocycles. The van der Waals surface area contributed by atoms with E-state index in [0.29, 0.717) is 17.7 Å². The standard InChI is InChI=1S/C20H22BrN3O2/c1-23-10-12-24(13-11-23)20(26)16-4-8-18(9-5-16)22-19(25)14-15-2-6-17(21)7-3-15/h2-9H,10-14H2,1H3,(H,22,25). The molecule has 6 heteroatoms. The minimum Gasteiger partial charge on any atom is -0.336 e. The third-order valence-electron chi connectivity index (χ3n) is 4.48. The van der Waals surface area contributed by atoms with Crippen LogP contribution in [0.5, 0.6) is 0 Å². The number of benzene rings is 2. The maximum Gasteiger partial charge on any atom is 0.253 e. The lowest BCUT2D eigenvalue weighted by Crippen LogP contribution is -2.47. The van der Waals surface area contributed by atoms with E-state index in [-0.39, 0.29) is 11.8 Å². The van der Waals surface area contributed by atoms with Crippen molar-refractivity contribution in [3.05, 3.63) is 64.1 Å². The molecule has 3 rings (SSSR count). The summed E-state index contributed by atoms with van der Waals surface area (Å²) in [5.41, 5.74) is 2.30. The van der Waals surface area contributed by atoms with Crippen LogP contribution in [0.4, 0.5) is 5.69 Å². The second kappa shape index (κ2) is 8.47. The number of nitrogens with zero attached hydrogens (tertiary/aromatic N) is 2. The summed E-state index contributed by atoms with van der Waals surface area (Å²) >= 11 is 3.38. The Morgan fingerprint density at radius 3 is 2.19 bits per heavy atom. The average Bonchev–Trinajstić information content (AvgIpc) is 2.64. The van der Waals surface area contributed by atoms with E-state index in [1.807, 2.05) is 29.2 Å². The SMILES string of the molecule is CN1CCN(C(=O)c2ccc(NC(=O)Cc3ccc(Br)cc3)cc2)CC1. The summed E-state index contributed by atoms with van der Waals surface area (Å²) in [5.74, 6) is -0.0312. The Bertz CT molecular complexity index is 767. The molecule has 2 amide bonds. The number of nitrogens with one attached hydrogen (secondary N) is 1. The van der Waals surface area contributed by atoms with E-state index in [2.05, 4.69) is 33.2 Å². The lowest BCUT2D eigenvalue weighted by Gasteiger charge is -2.32. The number of likely N-dealkylation sites (N-methyl/N-ethyl adjacent to an activating group) is 1. The van der Waals surface area contributed by atoms with E-state index < -0.39 is 0 Å². The Kier molecular flexibility index (Phi) is 6.06. The lowest BCUT2D eigenvalue weighted by atomic mass is 10.1. The highest BCUT2D eigenvalue weighted by atomic mass is 79.9. The van der Waals surface area contributed by atoms with Crippen molar-refractivity contribution in [2.45, 2.75) is 6.42 Å². The van der Waals surface area contributed by atoms with Gasteiger partial charge in [-0.25, -0.2) is 0 Å². The second-order valence-electron chi connectivity index (χ2n) is 6.52. The maximum absolute atomic E-state index is 12.5. The molecule has 1 fully saturated rings. The number of hydrogen-bond donors (Lipinski definition) is 1. The Labute approximate surface area is 162 Å². The predicted molar refractivity (Wildman–Crippen MR) is 106 cm³/mol. The van der Waals surface area contributed by atoms with E-state index in [4.69, 9.17) is 0 Å². The van der Waals surface area contributed by atoms with Gasteiger partial charge in [-0.1, -0.05) is 28.1 Å². The van der Waals surface area contributed by atoms with Crippen molar-refractivity contribution >= 4 is 33.4 Å². The largest absolute Gasteiger partial charge is 0.336 e. The molecule has 2 aromatic rings. The summed E-state index contributed by atoms with van der Waals surface area (Å²) < 4.78 is 0.988. The molecule has 26 heavy (non-hydrogen) atoms. The molecule has 0 saturated carbocycles. The first-order chi connectivity index (χ1) is 12.5. The van der Waals surface area contributed by atoms with E-state index in [0.717, 1.165) is 36.2 Å². The van der Waals surface area contributed by atoms with Crippen molar-refractivity contribution in [2.75, 3.05) is 38.5 Å². The topological polar surface area (TPSA) is 52.6 Å². The van der Waals surface area contributed by atoms with Gasteiger partial charge in [-0.2, -0.15) is 0 Å². The van der Waals surface area contributed by atoms with Gasteiger partial charge in [-0.15, -0.1) is 0 Å². The normalized spacial score (nSPS) is 14.9. The van der Waals surface area contributed by atoms with Gasteiger partial charge in [0.05, 0.1) is 6.42 Å². The van der Waals surface area contributed by atoms with Crippen LogP contribution in [-0.2, 0) is 11.2 Å². The Morgan fingerprint density at radius 1 is 0.962 bits per heavy atom. The molecule has 2 aromatic carbocycles. The summed E-state index contributed by atoms with van der Waals surface area (Å²) in [6, 6.07) is 14.8. The molecule has 0 unspecified atom stereocenters. The van der Waals surface area contributed by atoms with Crippen LogP contribution in [-0.4, -0.2) is 54.8 Å². The minimum absolute atomic E-state index is 0.0471. The van der Waals surface area contributed by atoms with E-state index in [1.54, 1.807) is 24.3 Å². The number of carbonyl (C=O) groups excluding carboxylic acids is 2. The second-order valence-corrected chi connectivity index (χ2v) is 7.44. The molecule has 0 aromatic heterocycles. The maximum atomic E-state index is 12.5. The third kappa shape index (κ3) is 4.93. The van der Waals surface area contributed by atoms with Crippen molar-refractivity contribution in [1.82, 2.24) is 9.80 Å². The first kappa shape index (κ1) is 18.6. The van der Waals surface area contributed by atoms with Gasteiger partial charge in [-0.3, -0.25) is 9.59 Å². The van der Waals surface area contributed by atoms with E-state index in [9.17, 15) is 9.59 Å². The summed E-state index contributed by atoms with van der Waals surface area (Å²) in [7, 11) is 2.06. The molecule has 0 aliphatic carbocycles. The molecule has 1 aliphatic rings. The zero-order valence-electron chi connectivity index (χ0n) is 14.7. The molecule has 5 nitrogen and oxygen atoms in total. The van der Waals surface area contributed by atoms with Gasteiger partial charge in [0.2, 0.25) is 5.91 Å². The fourth-order valence-electron chi connectivity index (χ4n) is 2.88. The number of carbonyl (C=O) groups is 2. The van der Waals surface area contributed by atoms with Gasteiger partial charge in [-0.05, 0) is 49.0 Å². The molecule has 0 radical (unpaired) electrons. The Morgan fingerprint density at radius 2 is 1.58 bits per heavy atom. The van der Waals surface area contributed by atoms with Crippen LogP contribution < -0.4 is 5.32 Å². The number of hydrogen-bond acceptors (Lipinski definition) is 3. The molecular weight excluding hydrogens is 394 g/mol. The van der Waals surface area contributed by atoms with Crippen molar-refractivity contribution in [1.29, 1.82) is 0 Å². The summed E-state index contributed by atoms with van der Waals surface area (Å²) in [4.78, 5) is 28.8. The van der Waals surface area contributed by atoms with Gasteiger partial charge in [0, 0.05) is 41.9 Å². The van der Waals surface area contributed by atoms with Crippen LogP contribution in [0.1, 0.15) is 15.9 Å². The number of halogens is 1. The Hall–Kier alpha value is -2.18. The van der Waals surface area contributed by atoms with Crippen LogP contribution in [0.15, 0.2) is 53.0 Å². The highest BCUT2D eigenvalue weighted by Crippen LogP contribution is 2.15. The van der Waals surface area contributed by atoms with Gasteiger partial charge in [0.25, 0.3) is 5.91 Å².